The number of aryl methyl sites for hydroxylation is 2. The molecule has 0 amide bonds. The van der Waals surface area contributed by atoms with E-state index in [1.807, 2.05) is 6.08 Å². The van der Waals surface area contributed by atoms with Gasteiger partial charge in [0, 0.05) is 0 Å². The quantitative estimate of drug-likeness (QED) is 0.285. The van der Waals surface area contributed by atoms with E-state index in [1.165, 1.54) is 84.4 Å². The van der Waals surface area contributed by atoms with Crippen LogP contribution in [0.25, 0.3) is 21.9 Å². The van der Waals surface area contributed by atoms with Gasteiger partial charge in [0.15, 0.2) is 0 Å². The van der Waals surface area contributed by atoms with Crippen molar-refractivity contribution in [2.45, 2.75) is 64.2 Å². The highest BCUT2D eigenvalue weighted by Gasteiger charge is 2.20. The molecule has 0 nitrogen and oxygen atoms in total. The monoisotopic (exact) mass is 422 g/mol. The number of hydrogen-bond acceptors (Lipinski definition) is 0. The SMILES string of the molecule is C=CCCc1ccc2cc(-c3ccc(CCC4CCC(CCC=C)CC4)cc3)ccc2c1. The van der Waals surface area contributed by atoms with Crippen LogP contribution in [0.4, 0.5) is 0 Å². The highest BCUT2D eigenvalue weighted by molar-refractivity contribution is 5.87. The lowest BCUT2D eigenvalue weighted by Crippen LogP contribution is -2.15. The fraction of sp³-hybridized carbons (Fsp3) is 0.375. The lowest BCUT2D eigenvalue weighted by molar-refractivity contribution is 0.254. The summed E-state index contributed by atoms with van der Waals surface area (Å²) in [6.45, 7) is 7.70. The van der Waals surface area contributed by atoms with Crippen molar-refractivity contribution in [1.82, 2.24) is 0 Å². The number of fused-ring (bicyclic) bond motifs is 1. The smallest absolute Gasteiger partial charge is 0.0178 e. The summed E-state index contributed by atoms with van der Waals surface area (Å²) in [6, 6.07) is 23.0. The predicted molar refractivity (Wildman–Crippen MR) is 141 cm³/mol. The molecule has 0 heterocycles. The van der Waals surface area contributed by atoms with Gasteiger partial charge >= 0.3 is 0 Å². The molecule has 3 aromatic rings. The molecular weight excluding hydrogens is 384 g/mol. The molecule has 0 bridgehead atoms. The van der Waals surface area contributed by atoms with E-state index >= 15 is 0 Å². The summed E-state index contributed by atoms with van der Waals surface area (Å²) >= 11 is 0. The molecule has 4 rings (SSSR count). The molecule has 0 spiro atoms. The summed E-state index contributed by atoms with van der Waals surface area (Å²) in [5.41, 5.74) is 5.49. The molecule has 1 aliphatic rings. The minimum absolute atomic E-state index is 0.923. The van der Waals surface area contributed by atoms with Crippen LogP contribution in [0.3, 0.4) is 0 Å². The van der Waals surface area contributed by atoms with Gasteiger partial charge in [-0.05, 0) is 89.5 Å². The third-order valence-electron chi connectivity index (χ3n) is 7.42. The number of hydrogen-bond donors (Lipinski definition) is 0. The van der Waals surface area contributed by atoms with E-state index in [4.69, 9.17) is 0 Å². The maximum absolute atomic E-state index is 3.87. The van der Waals surface area contributed by atoms with Gasteiger partial charge < -0.3 is 0 Å². The van der Waals surface area contributed by atoms with Gasteiger partial charge in [0.05, 0.1) is 0 Å². The van der Waals surface area contributed by atoms with Crippen LogP contribution >= 0.6 is 0 Å². The molecular formula is C32H38. The first-order chi connectivity index (χ1) is 15.7. The van der Waals surface area contributed by atoms with Crippen molar-refractivity contribution in [3.63, 3.8) is 0 Å². The lowest BCUT2D eigenvalue weighted by Gasteiger charge is -2.28. The second-order valence-corrected chi connectivity index (χ2v) is 9.71. The highest BCUT2D eigenvalue weighted by atomic mass is 14.3. The second kappa shape index (κ2) is 11.3. The van der Waals surface area contributed by atoms with Gasteiger partial charge in [0.25, 0.3) is 0 Å². The summed E-state index contributed by atoms with van der Waals surface area (Å²) < 4.78 is 0. The molecule has 0 saturated heterocycles. The molecule has 3 aromatic carbocycles. The van der Waals surface area contributed by atoms with Crippen molar-refractivity contribution in [3.05, 3.63) is 97.1 Å². The Morgan fingerprint density at radius 2 is 1.19 bits per heavy atom. The normalized spacial score (nSPS) is 18.5. The standard InChI is InChI=1S/C32H38/c1-3-5-7-25-9-11-26(12-10-25)13-14-27-15-18-29(19-16-27)31-22-21-30-23-28(8-6-4-2)17-20-32(30)24-31/h3-4,15-26H,1-2,5-14H2. The van der Waals surface area contributed by atoms with Crippen LogP contribution < -0.4 is 0 Å². The Kier molecular flexibility index (Phi) is 7.99. The largest absolute Gasteiger partial charge is 0.103 e. The van der Waals surface area contributed by atoms with E-state index in [0.717, 1.165) is 24.7 Å². The molecule has 1 fully saturated rings. The number of rotatable bonds is 10. The molecule has 0 atom stereocenters. The summed E-state index contributed by atoms with van der Waals surface area (Å²) in [5, 5.41) is 2.64. The van der Waals surface area contributed by atoms with Crippen LogP contribution in [0.1, 0.15) is 62.5 Å². The Bertz CT molecular complexity index is 1020. The first-order valence-corrected chi connectivity index (χ1v) is 12.6. The van der Waals surface area contributed by atoms with Crippen molar-refractivity contribution < 1.29 is 0 Å². The zero-order valence-corrected chi connectivity index (χ0v) is 19.6. The number of allylic oxidation sites excluding steroid dienone is 2. The summed E-state index contributed by atoms with van der Waals surface area (Å²) in [4.78, 5) is 0. The number of benzene rings is 3. The second-order valence-electron chi connectivity index (χ2n) is 9.71. The highest BCUT2D eigenvalue weighted by Crippen LogP contribution is 2.34. The fourth-order valence-electron chi connectivity index (χ4n) is 5.30. The first kappa shape index (κ1) is 22.6. The van der Waals surface area contributed by atoms with E-state index in [-0.39, 0.29) is 0 Å². The molecule has 166 valence electrons. The maximum atomic E-state index is 3.87. The third kappa shape index (κ3) is 6.00. The third-order valence-corrected chi connectivity index (χ3v) is 7.42. The van der Waals surface area contributed by atoms with Crippen molar-refractivity contribution in [2.24, 2.45) is 11.8 Å². The van der Waals surface area contributed by atoms with Gasteiger partial charge in [-0.2, -0.15) is 0 Å². The topological polar surface area (TPSA) is 0 Å². The molecule has 0 radical (unpaired) electrons. The van der Waals surface area contributed by atoms with E-state index in [0.29, 0.717) is 0 Å². The minimum atomic E-state index is 0.923. The Morgan fingerprint density at radius 1 is 0.594 bits per heavy atom. The van der Waals surface area contributed by atoms with Crippen LogP contribution in [0.5, 0.6) is 0 Å². The molecule has 0 aliphatic heterocycles. The van der Waals surface area contributed by atoms with Crippen molar-refractivity contribution in [2.75, 3.05) is 0 Å². The summed E-state index contributed by atoms with van der Waals surface area (Å²) in [5.74, 6) is 1.87. The zero-order chi connectivity index (χ0) is 22.2. The van der Waals surface area contributed by atoms with Gasteiger partial charge in [-0.3, -0.25) is 0 Å². The average molecular weight is 423 g/mol. The maximum Gasteiger partial charge on any atom is -0.0178 e. The van der Waals surface area contributed by atoms with Crippen LogP contribution in [0, 0.1) is 11.8 Å². The first-order valence-electron chi connectivity index (χ1n) is 12.6. The summed E-state index contributed by atoms with van der Waals surface area (Å²) in [7, 11) is 0. The van der Waals surface area contributed by atoms with Crippen molar-refractivity contribution >= 4 is 10.8 Å². The van der Waals surface area contributed by atoms with Crippen LogP contribution in [0.2, 0.25) is 0 Å². The van der Waals surface area contributed by atoms with E-state index in [1.54, 1.807) is 0 Å². The fourth-order valence-corrected chi connectivity index (χ4v) is 5.30. The Labute approximate surface area is 195 Å². The molecule has 0 unspecified atom stereocenters. The van der Waals surface area contributed by atoms with Gasteiger partial charge in [-0.25, -0.2) is 0 Å². The summed E-state index contributed by atoms with van der Waals surface area (Å²) in [6.07, 6.45) is 17.0. The van der Waals surface area contributed by atoms with E-state index in [9.17, 15) is 0 Å². The lowest BCUT2D eigenvalue weighted by atomic mass is 9.78. The van der Waals surface area contributed by atoms with E-state index in [2.05, 4.69) is 79.9 Å². The molecule has 32 heavy (non-hydrogen) atoms. The Morgan fingerprint density at radius 3 is 1.91 bits per heavy atom. The predicted octanol–water partition coefficient (Wildman–Crippen LogP) is 9.33. The van der Waals surface area contributed by atoms with Gasteiger partial charge in [0.1, 0.15) is 0 Å². The van der Waals surface area contributed by atoms with Gasteiger partial charge in [0.2, 0.25) is 0 Å². The van der Waals surface area contributed by atoms with Crippen molar-refractivity contribution in [1.29, 1.82) is 0 Å². The molecule has 1 saturated carbocycles. The van der Waals surface area contributed by atoms with Crippen molar-refractivity contribution in [3.8, 4) is 11.1 Å². The van der Waals surface area contributed by atoms with Crippen LogP contribution in [-0.4, -0.2) is 0 Å². The molecule has 0 heteroatoms. The Balaban J connectivity index is 1.32. The molecule has 0 N–H and O–H groups in total. The van der Waals surface area contributed by atoms with Crippen LogP contribution in [-0.2, 0) is 12.8 Å². The molecule has 0 aromatic heterocycles. The zero-order valence-electron chi connectivity index (χ0n) is 19.6. The Hall–Kier alpha value is -2.60. The molecule has 1 aliphatic carbocycles. The van der Waals surface area contributed by atoms with Gasteiger partial charge in [-0.1, -0.05) is 92.4 Å². The minimum Gasteiger partial charge on any atom is -0.103 e. The van der Waals surface area contributed by atoms with Gasteiger partial charge in [-0.15, -0.1) is 13.2 Å². The average Bonchev–Trinajstić information content (AvgIpc) is 2.85. The van der Waals surface area contributed by atoms with Crippen LogP contribution in [0.15, 0.2) is 86.0 Å². The van der Waals surface area contributed by atoms with E-state index < -0.39 is 0 Å².